The molecule has 1 aliphatic heterocycles. The average Bonchev–Trinajstić information content (AvgIpc) is 3.45. The number of nitrogens with zero attached hydrogens (tertiary/aromatic N) is 2. The van der Waals surface area contributed by atoms with E-state index in [1.165, 1.54) is 17.4 Å². The Hall–Kier alpha value is -3.14. The lowest BCUT2D eigenvalue weighted by atomic mass is 10.0. The first-order valence-corrected chi connectivity index (χ1v) is 9.87. The fourth-order valence-electron chi connectivity index (χ4n) is 3.01. The summed E-state index contributed by atoms with van der Waals surface area (Å²) in [6.07, 6.45) is 4.08. The predicted molar refractivity (Wildman–Crippen MR) is 109 cm³/mol. The van der Waals surface area contributed by atoms with E-state index in [4.69, 9.17) is 4.74 Å². The summed E-state index contributed by atoms with van der Waals surface area (Å²) in [6, 6.07) is 4.90. The zero-order valence-corrected chi connectivity index (χ0v) is 16.4. The molecule has 0 saturated carbocycles. The van der Waals surface area contributed by atoms with E-state index < -0.39 is 11.7 Å². The van der Waals surface area contributed by atoms with Crippen molar-refractivity contribution >= 4 is 35.7 Å². The van der Waals surface area contributed by atoms with Gasteiger partial charge in [-0.25, -0.2) is 9.37 Å². The molecule has 0 atom stereocenters. The Kier molecular flexibility index (Phi) is 5.35. The van der Waals surface area contributed by atoms with Crippen LogP contribution in [0.2, 0.25) is 6.82 Å². The van der Waals surface area contributed by atoms with Crippen molar-refractivity contribution in [3.8, 4) is 17.0 Å². The third kappa shape index (κ3) is 4.17. The van der Waals surface area contributed by atoms with Gasteiger partial charge in [-0.3, -0.25) is 9.59 Å². The van der Waals surface area contributed by atoms with Crippen LogP contribution in [-0.4, -0.2) is 41.8 Å². The molecule has 0 spiro atoms. The molecule has 0 saturated heterocycles. The second-order valence-corrected chi connectivity index (χ2v) is 7.28. The maximum Gasteiger partial charge on any atom is 0.253 e. The summed E-state index contributed by atoms with van der Waals surface area (Å²) in [4.78, 5) is 28.5. The number of thiazole rings is 1. The zero-order valence-electron chi connectivity index (χ0n) is 15.6. The monoisotopic (exact) mass is 411 g/mol. The highest BCUT2D eigenvalue weighted by Gasteiger charge is 2.19. The van der Waals surface area contributed by atoms with Gasteiger partial charge in [0, 0.05) is 29.1 Å². The number of ether oxygens (including phenoxy) is 1. The minimum absolute atomic E-state index is 0.181. The van der Waals surface area contributed by atoms with Crippen LogP contribution in [-0.2, 0) is 11.2 Å². The number of nitrogens with one attached hydrogen (secondary N) is 2. The van der Waals surface area contributed by atoms with Gasteiger partial charge in [0.05, 0.1) is 24.4 Å². The number of hydrogen-bond donors (Lipinski definition) is 2. The number of benzene rings is 1. The number of hydrogen-bond acceptors (Lipinski definition) is 5. The van der Waals surface area contributed by atoms with Crippen molar-refractivity contribution < 1.29 is 18.7 Å². The van der Waals surface area contributed by atoms with Gasteiger partial charge in [0.25, 0.3) is 5.91 Å². The number of carbonyl (C=O) groups excluding carboxylic acids is 2. The van der Waals surface area contributed by atoms with E-state index in [0.717, 1.165) is 5.56 Å². The lowest BCUT2D eigenvalue weighted by molar-refractivity contribution is -0.115. The Balaban J connectivity index is 1.36. The number of fused-ring (bicyclic) bond motifs is 1. The molecule has 7 nitrogen and oxygen atoms in total. The molecule has 2 amide bonds. The number of halogens is 1. The Morgan fingerprint density at radius 3 is 3.07 bits per heavy atom. The number of amides is 2. The Morgan fingerprint density at radius 2 is 2.28 bits per heavy atom. The smallest absolute Gasteiger partial charge is 0.253 e. The van der Waals surface area contributed by atoms with E-state index in [9.17, 15) is 14.0 Å². The maximum absolute atomic E-state index is 14.1. The first-order valence-electron chi connectivity index (χ1n) is 8.99. The fraction of sp³-hybridized carbons (Fsp3) is 0.211. The van der Waals surface area contributed by atoms with Crippen molar-refractivity contribution in [3.05, 3.63) is 52.9 Å². The van der Waals surface area contributed by atoms with Crippen molar-refractivity contribution in [2.24, 2.45) is 0 Å². The van der Waals surface area contributed by atoms with Gasteiger partial charge in [0.1, 0.15) is 0 Å². The van der Waals surface area contributed by atoms with Crippen molar-refractivity contribution in [2.75, 3.05) is 18.5 Å². The third-order valence-electron chi connectivity index (χ3n) is 4.47. The molecule has 0 unspecified atom stereocenters. The molecule has 0 fully saturated rings. The largest absolute Gasteiger partial charge is 0.490 e. The molecule has 2 N–H and O–H groups in total. The average molecular weight is 411 g/mol. The minimum Gasteiger partial charge on any atom is -0.490 e. The summed E-state index contributed by atoms with van der Waals surface area (Å²) >= 11 is 1.23. The molecule has 0 aliphatic carbocycles. The molecule has 3 aromatic rings. The van der Waals surface area contributed by atoms with Gasteiger partial charge in [-0.15, -0.1) is 11.3 Å². The molecule has 2 aromatic heterocycles. The highest BCUT2D eigenvalue weighted by atomic mass is 32.1. The summed E-state index contributed by atoms with van der Waals surface area (Å²) in [6.45, 7) is 2.14. The van der Waals surface area contributed by atoms with Crippen LogP contribution in [0.5, 0.6) is 5.75 Å². The second kappa shape index (κ2) is 8.08. The summed E-state index contributed by atoms with van der Waals surface area (Å²) in [5.74, 6) is -0.836. The van der Waals surface area contributed by atoms with Crippen molar-refractivity contribution in [1.82, 2.24) is 14.8 Å². The van der Waals surface area contributed by atoms with Gasteiger partial charge in [0.2, 0.25) is 13.3 Å². The van der Waals surface area contributed by atoms with Crippen molar-refractivity contribution in [2.45, 2.75) is 13.2 Å². The summed E-state index contributed by atoms with van der Waals surface area (Å²) in [5.41, 5.74) is 2.49. The zero-order chi connectivity index (χ0) is 20.4. The topological polar surface area (TPSA) is 85.3 Å². The lowest BCUT2D eigenvalue weighted by Gasteiger charge is -2.05. The standard InChI is InChI=1S/C19H17BFN4O3S/c1-20-25-4-2-12(9-25)18(27)22-8-16(26)24-19-23-15(10-29-19)13-6-11-3-5-28-17(11)14(21)7-13/h2,4,6-7,9-10H,3,5,8H2,1H3,(H,22,27)(H,23,24,26). The molecule has 147 valence electrons. The lowest BCUT2D eigenvalue weighted by Crippen LogP contribution is -2.32. The van der Waals surface area contributed by atoms with E-state index in [2.05, 4.69) is 15.6 Å². The normalized spacial score (nSPS) is 12.2. The van der Waals surface area contributed by atoms with E-state index >= 15 is 0 Å². The first kappa shape index (κ1) is 19.2. The van der Waals surface area contributed by atoms with Gasteiger partial charge in [-0.1, -0.05) is 6.82 Å². The van der Waals surface area contributed by atoms with Crippen LogP contribution in [0.1, 0.15) is 15.9 Å². The maximum atomic E-state index is 14.1. The van der Waals surface area contributed by atoms with E-state index in [0.29, 0.717) is 40.7 Å². The SMILES string of the molecule is C[B]n1ccc(C(=O)NCC(=O)Nc2nc(-c3cc(F)c4c(c3)CCO4)cs2)c1. The van der Waals surface area contributed by atoms with Crippen LogP contribution in [0, 0.1) is 5.82 Å². The quantitative estimate of drug-likeness (QED) is 0.611. The summed E-state index contributed by atoms with van der Waals surface area (Å²) in [7, 11) is 1.81. The van der Waals surface area contributed by atoms with Crippen LogP contribution in [0.15, 0.2) is 36.0 Å². The van der Waals surface area contributed by atoms with E-state index in [1.807, 2.05) is 20.3 Å². The highest BCUT2D eigenvalue weighted by molar-refractivity contribution is 7.14. The van der Waals surface area contributed by atoms with Crippen molar-refractivity contribution in [1.29, 1.82) is 0 Å². The molecule has 1 aliphatic rings. The Morgan fingerprint density at radius 1 is 1.41 bits per heavy atom. The van der Waals surface area contributed by atoms with E-state index in [-0.39, 0.29) is 12.5 Å². The molecule has 0 bridgehead atoms. The molecule has 4 rings (SSSR count). The molecular formula is C19H17BFN4O3S. The van der Waals surface area contributed by atoms with Gasteiger partial charge in [0.15, 0.2) is 16.7 Å². The molecule has 29 heavy (non-hydrogen) atoms. The van der Waals surface area contributed by atoms with Crippen LogP contribution in [0.25, 0.3) is 11.3 Å². The third-order valence-corrected chi connectivity index (χ3v) is 5.23. The predicted octanol–water partition coefficient (Wildman–Crippen LogP) is 2.57. The molecule has 1 radical (unpaired) electrons. The van der Waals surface area contributed by atoms with Gasteiger partial charge < -0.3 is 19.8 Å². The van der Waals surface area contributed by atoms with Crippen LogP contribution >= 0.6 is 11.3 Å². The minimum atomic E-state index is -0.411. The Bertz CT molecular complexity index is 1080. The molecule has 10 heteroatoms. The summed E-state index contributed by atoms with van der Waals surface area (Å²) in [5, 5.41) is 7.34. The molecule has 3 heterocycles. The number of rotatable bonds is 6. The van der Waals surface area contributed by atoms with E-state index in [1.54, 1.807) is 28.3 Å². The number of aromatic nitrogens is 2. The van der Waals surface area contributed by atoms with Crippen LogP contribution < -0.4 is 15.4 Å². The fourth-order valence-corrected chi connectivity index (χ4v) is 3.74. The highest BCUT2D eigenvalue weighted by Crippen LogP contribution is 2.34. The van der Waals surface area contributed by atoms with Gasteiger partial charge >= 0.3 is 0 Å². The van der Waals surface area contributed by atoms with Gasteiger partial charge in [-0.2, -0.15) is 0 Å². The number of anilines is 1. The Labute approximate surface area is 171 Å². The molecule has 1 aromatic carbocycles. The molecular weight excluding hydrogens is 394 g/mol. The second-order valence-electron chi connectivity index (χ2n) is 6.42. The van der Waals surface area contributed by atoms with Crippen molar-refractivity contribution in [3.63, 3.8) is 0 Å². The number of carbonyl (C=O) groups is 2. The summed E-state index contributed by atoms with van der Waals surface area (Å²) < 4.78 is 21.2. The first-order chi connectivity index (χ1) is 14.0. The van der Waals surface area contributed by atoms with Gasteiger partial charge in [-0.05, 0) is 24.4 Å². The van der Waals surface area contributed by atoms with Crippen LogP contribution in [0.3, 0.4) is 0 Å². The van der Waals surface area contributed by atoms with Crippen LogP contribution in [0.4, 0.5) is 9.52 Å².